The van der Waals surface area contributed by atoms with Crippen molar-refractivity contribution in [1.29, 1.82) is 0 Å². The largest absolute Gasteiger partial charge is 0.258 e. The van der Waals surface area contributed by atoms with E-state index in [0.717, 1.165) is 27.6 Å². The minimum atomic E-state index is 0.741. The van der Waals surface area contributed by atoms with Crippen LogP contribution in [0.25, 0.3) is 0 Å². The molecule has 0 saturated carbocycles. The van der Waals surface area contributed by atoms with E-state index in [9.17, 15) is 0 Å². The van der Waals surface area contributed by atoms with Gasteiger partial charge in [-0.1, -0.05) is 35.9 Å². The summed E-state index contributed by atoms with van der Waals surface area (Å²) in [7, 11) is 0. The third-order valence-corrected chi connectivity index (χ3v) is 2.31. The van der Waals surface area contributed by atoms with Gasteiger partial charge in [0.15, 0.2) is 0 Å². The first kappa shape index (κ1) is 12.7. The minimum Gasteiger partial charge on any atom is -0.258 e. The summed E-state index contributed by atoms with van der Waals surface area (Å²) >= 11 is 5.83. The molecule has 1 aromatic rings. The van der Waals surface area contributed by atoms with E-state index in [2.05, 4.69) is 11.6 Å². The summed E-state index contributed by atoms with van der Waals surface area (Å²) in [5.74, 6) is 0. The molecule has 1 aromatic carbocycles. The number of aliphatic imine (C=N–C) groups is 1. The van der Waals surface area contributed by atoms with Crippen LogP contribution < -0.4 is 0 Å². The molecule has 16 heavy (non-hydrogen) atoms. The van der Waals surface area contributed by atoms with E-state index in [0.29, 0.717) is 0 Å². The van der Waals surface area contributed by atoms with E-state index >= 15 is 0 Å². The van der Waals surface area contributed by atoms with Crippen LogP contribution in [-0.4, -0.2) is 5.71 Å². The van der Waals surface area contributed by atoms with Crippen LogP contribution in [0.5, 0.6) is 0 Å². The second kappa shape index (κ2) is 5.66. The summed E-state index contributed by atoms with van der Waals surface area (Å²) in [6.45, 7) is 9.73. The van der Waals surface area contributed by atoms with Gasteiger partial charge in [0.05, 0.1) is 0 Å². The summed E-state index contributed by atoms with van der Waals surface area (Å²) < 4.78 is 0. The lowest BCUT2D eigenvalue weighted by Gasteiger charge is -2.01. The molecule has 1 nitrogen and oxygen atoms in total. The fourth-order valence-electron chi connectivity index (χ4n) is 1.41. The summed E-state index contributed by atoms with van der Waals surface area (Å²) in [6, 6.07) is 7.67. The van der Waals surface area contributed by atoms with Crippen molar-refractivity contribution in [1.82, 2.24) is 0 Å². The van der Waals surface area contributed by atoms with Crippen LogP contribution >= 0.6 is 11.6 Å². The monoisotopic (exact) mass is 233 g/mol. The minimum absolute atomic E-state index is 0.741. The Labute approximate surface area is 102 Å². The number of allylic oxidation sites excluding steroid dienone is 3. The highest BCUT2D eigenvalue weighted by Gasteiger charge is 1.97. The van der Waals surface area contributed by atoms with Crippen molar-refractivity contribution in [2.45, 2.75) is 20.8 Å². The molecule has 0 aliphatic heterocycles. The average molecular weight is 234 g/mol. The Bertz CT molecular complexity index is 438. The fraction of sp³-hybridized carbons (Fsp3) is 0.214. The summed E-state index contributed by atoms with van der Waals surface area (Å²) in [5.41, 5.74) is 4.02. The van der Waals surface area contributed by atoms with Crippen molar-refractivity contribution >= 4 is 17.3 Å². The number of nitrogens with zero attached hydrogens (tertiary/aromatic N) is 1. The van der Waals surface area contributed by atoms with E-state index in [1.807, 2.05) is 51.1 Å². The van der Waals surface area contributed by atoms with Gasteiger partial charge >= 0.3 is 0 Å². The van der Waals surface area contributed by atoms with E-state index in [4.69, 9.17) is 11.6 Å². The molecule has 0 amide bonds. The molecule has 1 rings (SSSR count). The van der Waals surface area contributed by atoms with E-state index < -0.39 is 0 Å². The molecule has 0 aliphatic rings. The summed E-state index contributed by atoms with van der Waals surface area (Å²) in [6.07, 6.45) is 1.96. The zero-order valence-corrected chi connectivity index (χ0v) is 10.7. The quantitative estimate of drug-likeness (QED) is 0.533. The predicted molar refractivity (Wildman–Crippen MR) is 72.2 cm³/mol. The molecule has 0 atom stereocenters. The Balaban J connectivity index is 2.93. The van der Waals surface area contributed by atoms with Crippen LogP contribution in [0.1, 0.15) is 26.3 Å². The van der Waals surface area contributed by atoms with Gasteiger partial charge in [-0.3, -0.25) is 4.99 Å². The number of benzene rings is 1. The SMILES string of the molecule is C=C(C)/C=C(C)\N=C(/C)c1ccc(Cl)cc1. The predicted octanol–water partition coefficient (Wildman–Crippen LogP) is 4.63. The zero-order chi connectivity index (χ0) is 12.1. The third-order valence-electron chi connectivity index (χ3n) is 2.06. The van der Waals surface area contributed by atoms with Crippen molar-refractivity contribution in [3.63, 3.8) is 0 Å². The Morgan fingerprint density at radius 3 is 2.25 bits per heavy atom. The molecule has 0 aliphatic carbocycles. The molecule has 0 unspecified atom stereocenters. The van der Waals surface area contributed by atoms with Crippen LogP contribution in [0, 0.1) is 0 Å². The Hall–Kier alpha value is -1.34. The van der Waals surface area contributed by atoms with E-state index in [-0.39, 0.29) is 0 Å². The normalized spacial score (nSPS) is 12.8. The maximum absolute atomic E-state index is 5.83. The molecule has 0 saturated heterocycles. The van der Waals surface area contributed by atoms with E-state index in [1.165, 1.54) is 0 Å². The molecular weight excluding hydrogens is 218 g/mol. The van der Waals surface area contributed by atoms with Crippen LogP contribution in [0.3, 0.4) is 0 Å². The Morgan fingerprint density at radius 1 is 1.19 bits per heavy atom. The van der Waals surface area contributed by atoms with Gasteiger partial charge in [0.2, 0.25) is 0 Å². The topological polar surface area (TPSA) is 12.4 Å². The average Bonchev–Trinajstić information content (AvgIpc) is 2.16. The number of halogens is 1. The van der Waals surface area contributed by atoms with Crippen molar-refractivity contribution in [3.05, 3.63) is 58.8 Å². The standard InChI is InChI=1S/C14H16ClN/c1-10(2)9-11(3)16-12(4)13-5-7-14(15)8-6-13/h5-9H,1H2,2-4H3/b11-9-,16-12+. The van der Waals surface area contributed by atoms with Gasteiger partial charge in [-0.25, -0.2) is 0 Å². The number of rotatable bonds is 3. The highest BCUT2D eigenvalue weighted by Crippen LogP contribution is 2.11. The zero-order valence-electron chi connectivity index (χ0n) is 9.92. The molecule has 0 radical (unpaired) electrons. The molecule has 0 N–H and O–H groups in total. The summed E-state index contributed by atoms with van der Waals surface area (Å²) in [4.78, 5) is 4.49. The fourth-order valence-corrected chi connectivity index (χ4v) is 1.54. The lowest BCUT2D eigenvalue weighted by molar-refractivity contribution is 1.27. The van der Waals surface area contributed by atoms with Crippen LogP contribution in [0.2, 0.25) is 5.02 Å². The molecule has 84 valence electrons. The number of hydrogen-bond acceptors (Lipinski definition) is 1. The molecule has 0 heterocycles. The van der Waals surface area contributed by atoms with Gasteiger partial charge in [0, 0.05) is 16.4 Å². The Morgan fingerprint density at radius 2 is 1.75 bits per heavy atom. The second-order valence-electron chi connectivity index (χ2n) is 3.84. The van der Waals surface area contributed by atoms with Crippen LogP contribution in [0.15, 0.2) is 53.2 Å². The van der Waals surface area contributed by atoms with Crippen LogP contribution in [-0.2, 0) is 0 Å². The van der Waals surface area contributed by atoms with Gasteiger partial charge in [-0.2, -0.15) is 0 Å². The van der Waals surface area contributed by atoms with Gasteiger partial charge in [-0.05, 0) is 44.5 Å². The molecule has 0 aromatic heterocycles. The van der Waals surface area contributed by atoms with E-state index in [1.54, 1.807) is 0 Å². The van der Waals surface area contributed by atoms with Gasteiger partial charge in [-0.15, -0.1) is 0 Å². The van der Waals surface area contributed by atoms with Crippen molar-refractivity contribution in [2.24, 2.45) is 4.99 Å². The first-order chi connectivity index (χ1) is 7.49. The molecule has 0 bridgehead atoms. The van der Waals surface area contributed by atoms with Crippen molar-refractivity contribution < 1.29 is 0 Å². The maximum Gasteiger partial charge on any atom is 0.0448 e. The summed E-state index contributed by atoms with van der Waals surface area (Å²) in [5, 5.41) is 0.741. The third kappa shape index (κ3) is 4.03. The Kier molecular flexibility index (Phi) is 4.51. The number of hydrogen-bond donors (Lipinski definition) is 0. The smallest absolute Gasteiger partial charge is 0.0448 e. The van der Waals surface area contributed by atoms with Gasteiger partial charge in [0.25, 0.3) is 0 Å². The first-order valence-electron chi connectivity index (χ1n) is 5.14. The second-order valence-corrected chi connectivity index (χ2v) is 4.27. The molecular formula is C14H16ClN. The highest BCUT2D eigenvalue weighted by molar-refractivity contribution is 6.30. The lowest BCUT2D eigenvalue weighted by Crippen LogP contribution is -1.94. The first-order valence-corrected chi connectivity index (χ1v) is 5.52. The maximum atomic E-state index is 5.83. The van der Waals surface area contributed by atoms with Gasteiger partial charge < -0.3 is 0 Å². The molecule has 0 spiro atoms. The highest BCUT2D eigenvalue weighted by atomic mass is 35.5. The van der Waals surface area contributed by atoms with Crippen molar-refractivity contribution in [2.75, 3.05) is 0 Å². The van der Waals surface area contributed by atoms with Crippen molar-refractivity contribution in [3.8, 4) is 0 Å². The van der Waals surface area contributed by atoms with Gasteiger partial charge in [0.1, 0.15) is 0 Å². The molecule has 0 fully saturated rings. The molecule has 2 heteroatoms. The van der Waals surface area contributed by atoms with Crippen LogP contribution in [0.4, 0.5) is 0 Å². The lowest BCUT2D eigenvalue weighted by atomic mass is 10.1.